The van der Waals surface area contributed by atoms with Gasteiger partial charge >= 0.3 is 5.97 Å². The first-order valence-corrected chi connectivity index (χ1v) is 4.81. The van der Waals surface area contributed by atoms with Crippen LogP contribution in [0.3, 0.4) is 0 Å². The second-order valence-electron chi connectivity index (χ2n) is 3.58. The van der Waals surface area contributed by atoms with Crippen LogP contribution in [0.5, 0.6) is 0 Å². The highest BCUT2D eigenvalue weighted by Crippen LogP contribution is 2.10. The van der Waals surface area contributed by atoms with Crippen molar-refractivity contribution in [3.63, 3.8) is 0 Å². The van der Waals surface area contributed by atoms with Crippen LogP contribution in [-0.4, -0.2) is 25.8 Å². The van der Waals surface area contributed by atoms with Crippen LogP contribution in [0.1, 0.15) is 21.7 Å². The van der Waals surface area contributed by atoms with Gasteiger partial charge in [0, 0.05) is 11.9 Å². The Morgan fingerprint density at radius 1 is 1.38 bits per heavy atom. The predicted octanol–water partition coefficient (Wildman–Crippen LogP) is 1.58. The lowest BCUT2D eigenvalue weighted by Gasteiger charge is -2.02. The SMILES string of the molecule is Cc1ccc(-n2nc(C(=O)O)cc2C)nc1. The second-order valence-corrected chi connectivity index (χ2v) is 3.58. The van der Waals surface area contributed by atoms with Gasteiger partial charge in [-0.2, -0.15) is 5.10 Å². The van der Waals surface area contributed by atoms with Crippen LogP contribution in [0.2, 0.25) is 0 Å². The lowest BCUT2D eigenvalue weighted by molar-refractivity contribution is 0.0690. The normalized spacial score (nSPS) is 10.4. The fourth-order valence-corrected chi connectivity index (χ4v) is 1.40. The topological polar surface area (TPSA) is 68.0 Å². The molecule has 5 heteroatoms. The summed E-state index contributed by atoms with van der Waals surface area (Å²) in [5, 5.41) is 12.8. The summed E-state index contributed by atoms with van der Waals surface area (Å²) in [5.41, 5.74) is 1.82. The van der Waals surface area contributed by atoms with Gasteiger partial charge in [-0.15, -0.1) is 0 Å². The quantitative estimate of drug-likeness (QED) is 0.829. The Kier molecular flexibility index (Phi) is 2.44. The van der Waals surface area contributed by atoms with Crippen LogP contribution >= 0.6 is 0 Å². The van der Waals surface area contributed by atoms with Crippen molar-refractivity contribution in [3.05, 3.63) is 41.3 Å². The number of nitrogens with zero attached hydrogens (tertiary/aromatic N) is 3. The number of rotatable bonds is 2. The van der Waals surface area contributed by atoms with E-state index in [1.165, 1.54) is 10.7 Å². The smallest absolute Gasteiger partial charge is 0.356 e. The molecule has 0 fully saturated rings. The van der Waals surface area contributed by atoms with E-state index in [-0.39, 0.29) is 5.69 Å². The van der Waals surface area contributed by atoms with Crippen LogP contribution in [-0.2, 0) is 0 Å². The molecule has 82 valence electrons. The fraction of sp³-hybridized carbons (Fsp3) is 0.182. The van der Waals surface area contributed by atoms with E-state index in [9.17, 15) is 4.79 Å². The van der Waals surface area contributed by atoms with Gasteiger partial charge in [0.25, 0.3) is 0 Å². The van der Waals surface area contributed by atoms with Crippen LogP contribution in [0.4, 0.5) is 0 Å². The van der Waals surface area contributed by atoms with Crippen LogP contribution in [0, 0.1) is 13.8 Å². The number of hydrogen-bond acceptors (Lipinski definition) is 3. The molecule has 2 aromatic rings. The molecule has 0 atom stereocenters. The third-order valence-electron chi connectivity index (χ3n) is 2.22. The summed E-state index contributed by atoms with van der Waals surface area (Å²) in [6, 6.07) is 5.23. The molecule has 2 aromatic heterocycles. The Bertz CT molecular complexity index is 529. The third-order valence-corrected chi connectivity index (χ3v) is 2.22. The van der Waals surface area contributed by atoms with E-state index in [2.05, 4.69) is 10.1 Å². The van der Waals surface area contributed by atoms with E-state index >= 15 is 0 Å². The molecule has 5 nitrogen and oxygen atoms in total. The number of carboxylic acid groups (broad SMARTS) is 1. The molecule has 0 aromatic carbocycles. The zero-order chi connectivity index (χ0) is 11.7. The Morgan fingerprint density at radius 3 is 2.62 bits per heavy atom. The maximum Gasteiger partial charge on any atom is 0.356 e. The molecule has 0 radical (unpaired) electrons. The van der Waals surface area contributed by atoms with Gasteiger partial charge in [0.1, 0.15) is 0 Å². The molecular formula is C11H11N3O2. The van der Waals surface area contributed by atoms with Crippen molar-refractivity contribution in [2.45, 2.75) is 13.8 Å². The zero-order valence-electron chi connectivity index (χ0n) is 9.01. The molecule has 2 rings (SSSR count). The lowest BCUT2D eigenvalue weighted by atomic mass is 10.3. The Hall–Kier alpha value is -2.17. The van der Waals surface area contributed by atoms with Crippen molar-refractivity contribution in [2.24, 2.45) is 0 Å². The first-order chi connectivity index (χ1) is 7.58. The summed E-state index contributed by atoms with van der Waals surface area (Å²) in [6.45, 7) is 3.73. The van der Waals surface area contributed by atoms with E-state index in [0.717, 1.165) is 11.3 Å². The minimum absolute atomic E-state index is 0.0277. The monoisotopic (exact) mass is 217 g/mol. The van der Waals surface area contributed by atoms with Crippen molar-refractivity contribution in [2.75, 3.05) is 0 Å². The standard InChI is InChI=1S/C11H11N3O2/c1-7-3-4-10(12-6-7)14-8(2)5-9(13-14)11(15)16/h3-6H,1-2H3,(H,15,16). The summed E-state index contributed by atoms with van der Waals surface area (Å²) in [4.78, 5) is 14.9. The molecule has 0 bridgehead atoms. The maximum atomic E-state index is 10.8. The molecular weight excluding hydrogens is 206 g/mol. The zero-order valence-corrected chi connectivity index (χ0v) is 9.01. The second kappa shape index (κ2) is 3.77. The van der Waals surface area contributed by atoms with Gasteiger partial charge < -0.3 is 5.11 Å². The number of aryl methyl sites for hydroxylation is 2. The van der Waals surface area contributed by atoms with Crippen LogP contribution in [0.25, 0.3) is 5.82 Å². The van der Waals surface area contributed by atoms with Crippen molar-refractivity contribution >= 4 is 5.97 Å². The average molecular weight is 217 g/mol. The maximum absolute atomic E-state index is 10.8. The molecule has 0 aliphatic heterocycles. The van der Waals surface area contributed by atoms with Crippen molar-refractivity contribution < 1.29 is 9.90 Å². The summed E-state index contributed by atoms with van der Waals surface area (Å²) >= 11 is 0. The minimum Gasteiger partial charge on any atom is -0.476 e. The molecule has 16 heavy (non-hydrogen) atoms. The highest BCUT2D eigenvalue weighted by molar-refractivity contribution is 5.85. The largest absolute Gasteiger partial charge is 0.476 e. The van der Waals surface area contributed by atoms with E-state index in [1.54, 1.807) is 19.2 Å². The lowest BCUT2D eigenvalue weighted by Crippen LogP contribution is -2.03. The number of hydrogen-bond donors (Lipinski definition) is 1. The Balaban J connectivity index is 2.47. The van der Waals surface area contributed by atoms with Crippen LogP contribution in [0.15, 0.2) is 24.4 Å². The molecule has 0 saturated heterocycles. The molecule has 1 N–H and O–H groups in total. The molecule has 0 spiro atoms. The van der Waals surface area contributed by atoms with Gasteiger partial charge in [-0.1, -0.05) is 6.07 Å². The van der Waals surface area contributed by atoms with Gasteiger partial charge in [0.2, 0.25) is 0 Å². The van der Waals surface area contributed by atoms with E-state index < -0.39 is 5.97 Å². The van der Waals surface area contributed by atoms with Gasteiger partial charge in [-0.05, 0) is 31.5 Å². The van der Waals surface area contributed by atoms with Gasteiger partial charge in [-0.3, -0.25) is 0 Å². The Labute approximate surface area is 92.4 Å². The van der Waals surface area contributed by atoms with Crippen LogP contribution < -0.4 is 0 Å². The van der Waals surface area contributed by atoms with Crippen molar-refractivity contribution in [1.82, 2.24) is 14.8 Å². The molecule has 0 aliphatic carbocycles. The van der Waals surface area contributed by atoms with Gasteiger partial charge in [0.15, 0.2) is 11.5 Å². The highest BCUT2D eigenvalue weighted by atomic mass is 16.4. The van der Waals surface area contributed by atoms with E-state index in [1.807, 2.05) is 13.0 Å². The fourth-order valence-electron chi connectivity index (χ4n) is 1.40. The molecule has 0 saturated carbocycles. The first kappa shape index (κ1) is 10.4. The highest BCUT2D eigenvalue weighted by Gasteiger charge is 2.11. The summed E-state index contributed by atoms with van der Waals surface area (Å²) in [5.74, 6) is -0.412. The van der Waals surface area contributed by atoms with E-state index in [4.69, 9.17) is 5.11 Å². The van der Waals surface area contributed by atoms with Gasteiger partial charge in [0.05, 0.1) is 0 Å². The van der Waals surface area contributed by atoms with Gasteiger partial charge in [-0.25, -0.2) is 14.5 Å². The number of pyridine rings is 1. The summed E-state index contributed by atoms with van der Waals surface area (Å²) < 4.78 is 1.52. The number of aromatic carboxylic acids is 1. The summed E-state index contributed by atoms with van der Waals surface area (Å²) in [7, 11) is 0. The molecule has 2 heterocycles. The number of aromatic nitrogens is 3. The molecule has 0 unspecified atom stereocenters. The number of carbonyl (C=O) groups is 1. The van der Waals surface area contributed by atoms with Crippen molar-refractivity contribution in [3.8, 4) is 5.82 Å². The predicted molar refractivity (Wildman–Crippen MR) is 57.8 cm³/mol. The van der Waals surface area contributed by atoms with E-state index in [0.29, 0.717) is 5.82 Å². The summed E-state index contributed by atoms with van der Waals surface area (Å²) in [6.07, 6.45) is 1.72. The average Bonchev–Trinajstić information content (AvgIpc) is 2.62. The Morgan fingerprint density at radius 2 is 2.12 bits per heavy atom. The number of carboxylic acids is 1. The van der Waals surface area contributed by atoms with Crippen molar-refractivity contribution in [1.29, 1.82) is 0 Å². The first-order valence-electron chi connectivity index (χ1n) is 4.81. The molecule has 0 aliphatic rings. The third kappa shape index (κ3) is 1.79. The molecule has 0 amide bonds. The minimum atomic E-state index is -1.03.